The molecule has 0 spiro atoms. The highest BCUT2D eigenvalue weighted by Gasteiger charge is 1.98. The molecule has 0 aliphatic rings. The Kier molecular flexibility index (Phi) is 3.36. The normalized spacial score (nSPS) is 9.08. The number of aryl methyl sites for hydroxylation is 1. The standard InChI is InChI=1S/C11H12O2/c1-9-5-4-7-11(13)10(9)6-2-3-8-12/h4-5,7,12-13H,3,8H2,1H3. The maximum absolute atomic E-state index is 9.43. The summed E-state index contributed by atoms with van der Waals surface area (Å²) in [5.41, 5.74) is 1.60. The van der Waals surface area contributed by atoms with Crippen molar-refractivity contribution in [3.8, 4) is 17.6 Å². The van der Waals surface area contributed by atoms with E-state index in [0.29, 0.717) is 12.0 Å². The van der Waals surface area contributed by atoms with Crippen LogP contribution in [0.4, 0.5) is 0 Å². The second-order valence-corrected chi connectivity index (χ2v) is 2.74. The van der Waals surface area contributed by atoms with Gasteiger partial charge < -0.3 is 10.2 Å². The lowest BCUT2D eigenvalue weighted by Crippen LogP contribution is -1.83. The highest BCUT2D eigenvalue weighted by Crippen LogP contribution is 2.18. The van der Waals surface area contributed by atoms with E-state index in [0.717, 1.165) is 5.56 Å². The lowest BCUT2D eigenvalue weighted by molar-refractivity contribution is 0.305. The van der Waals surface area contributed by atoms with Crippen LogP contribution in [0.15, 0.2) is 18.2 Å². The fraction of sp³-hybridized carbons (Fsp3) is 0.273. The van der Waals surface area contributed by atoms with Crippen molar-refractivity contribution in [2.24, 2.45) is 0 Å². The van der Waals surface area contributed by atoms with Crippen molar-refractivity contribution in [1.29, 1.82) is 0 Å². The van der Waals surface area contributed by atoms with Crippen molar-refractivity contribution < 1.29 is 10.2 Å². The molecule has 0 fully saturated rings. The van der Waals surface area contributed by atoms with Crippen molar-refractivity contribution in [3.63, 3.8) is 0 Å². The summed E-state index contributed by atoms with van der Waals surface area (Å²) in [4.78, 5) is 0. The van der Waals surface area contributed by atoms with Crippen LogP contribution in [0.2, 0.25) is 0 Å². The number of aliphatic hydroxyl groups is 1. The van der Waals surface area contributed by atoms with Gasteiger partial charge in [0.1, 0.15) is 5.75 Å². The molecule has 2 nitrogen and oxygen atoms in total. The number of benzene rings is 1. The molecule has 0 aromatic heterocycles. The maximum atomic E-state index is 9.43. The van der Waals surface area contributed by atoms with Gasteiger partial charge in [0.05, 0.1) is 12.2 Å². The number of hydrogen-bond donors (Lipinski definition) is 2. The molecule has 2 N–H and O–H groups in total. The van der Waals surface area contributed by atoms with E-state index in [1.54, 1.807) is 12.1 Å². The Bertz CT molecular complexity index is 325. The summed E-state index contributed by atoms with van der Waals surface area (Å²) in [5.74, 6) is 5.79. The van der Waals surface area contributed by atoms with Gasteiger partial charge in [-0.2, -0.15) is 0 Å². The molecule has 0 amide bonds. The van der Waals surface area contributed by atoms with Crippen LogP contribution in [0.3, 0.4) is 0 Å². The third-order valence-electron chi connectivity index (χ3n) is 1.70. The lowest BCUT2D eigenvalue weighted by Gasteiger charge is -1.99. The SMILES string of the molecule is Cc1cccc(O)c1C#CCCO. The molecule has 1 aromatic carbocycles. The van der Waals surface area contributed by atoms with Gasteiger partial charge in [0.2, 0.25) is 0 Å². The van der Waals surface area contributed by atoms with E-state index in [4.69, 9.17) is 5.11 Å². The van der Waals surface area contributed by atoms with Crippen LogP contribution < -0.4 is 0 Å². The molecule has 0 saturated heterocycles. The highest BCUT2D eigenvalue weighted by molar-refractivity contribution is 5.50. The van der Waals surface area contributed by atoms with Crippen LogP contribution in [0.1, 0.15) is 17.5 Å². The number of aliphatic hydroxyl groups excluding tert-OH is 1. The van der Waals surface area contributed by atoms with E-state index in [-0.39, 0.29) is 12.4 Å². The predicted molar refractivity (Wildman–Crippen MR) is 51.4 cm³/mol. The quantitative estimate of drug-likeness (QED) is 0.635. The minimum absolute atomic E-state index is 0.0552. The van der Waals surface area contributed by atoms with Gasteiger partial charge in [-0.15, -0.1) is 0 Å². The molecule has 0 bridgehead atoms. The van der Waals surface area contributed by atoms with Crippen molar-refractivity contribution in [3.05, 3.63) is 29.3 Å². The van der Waals surface area contributed by atoms with Crippen molar-refractivity contribution >= 4 is 0 Å². The summed E-state index contributed by atoms with van der Waals surface area (Å²) in [5, 5.41) is 17.9. The monoisotopic (exact) mass is 176 g/mol. The molecule has 13 heavy (non-hydrogen) atoms. The van der Waals surface area contributed by atoms with Crippen molar-refractivity contribution in [2.75, 3.05) is 6.61 Å². The maximum Gasteiger partial charge on any atom is 0.131 e. The molecular weight excluding hydrogens is 164 g/mol. The number of rotatable bonds is 1. The molecule has 0 unspecified atom stereocenters. The molecule has 0 aliphatic heterocycles. The Hall–Kier alpha value is -1.46. The molecule has 0 heterocycles. The van der Waals surface area contributed by atoms with Gasteiger partial charge in [-0.3, -0.25) is 0 Å². The number of phenolic OH excluding ortho intramolecular Hbond substituents is 1. The lowest BCUT2D eigenvalue weighted by atomic mass is 10.1. The first-order valence-electron chi connectivity index (χ1n) is 4.14. The second-order valence-electron chi connectivity index (χ2n) is 2.74. The molecule has 0 radical (unpaired) electrons. The largest absolute Gasteiger partial charge is 0.507 e. The van der Waals surface area contributed by atoms with E-state index in [1.807, 2.05) is 13.0 Å². The topological polar surface area (TPSA) is 40.5 Å². The van der Waals surface area contributed by atoms with Gasteiger partial charge in [0.25, 0.3) is 0 Å². The third-order valence-corrected chi connectivity index (χ3v) is 1.70. The van der Waals surface area contributed by atoms with E-state index >= 15 is 0 Å². The summed E-state index contributed by atoms with van der Waals surface area (Å²) < 4.78 is 0. The van der Waals surface area contributed by atoms with Crippen LogP contribution in [0, 0.1) is 18.8 Å². The molecule has 2 heteroatoms. The number of hydrogen-bond acceptors (Lipinski definition) is 2. The average molecular weight is 176 g/mol. The summed E-state index contributed by atoms with van der Waals surface area (Å²) in [6, 6.07) is 5.28. The van der Waals surface area contributed by atoms with Crippen LogP contribution >= 0.6 is 0 Å². The van der Waals surface area contributed by atoms with Crippen LogP contribution in [0.5, 0.6) is 5.75 Å². The number of phenols is 1. The molecule has 0 aliphatic carbocycles. The first kappa shape index (κ1) is 9.63. The molecule has 0 saturated carbocycles. The van der Waals surface area contributed by atoms with E-state index in [2.05, 4.69) is 11.8 Å². The van der Waals surface area contributed by atoms with E-state index < -0.39 is 0 Å². The summed E-state index contributed by atoms with van der Waals surface area (Å²) in [6.45, 7) is 1.95. The Morgan fingerprint density at radius 2 is 2.15 bits per heavy atom. The van der Waals surface area contributed by atoms with Crippen LogP contribution in [0.25, 0.3) is 0 Å². The Morgan fingerprint density at radius 1 is 1.38 bits per heavy atom. The van der Waals surface area contributed by atoms with Gasteiger partial charge in [-0.1, -0.05) is 24.0 Å². The summed E-state index contributed by atoms with van der Waals surface area (Å²) in [7, 11) is 0. The Morgan fingerprint density at radius 3 is 2.77 bits per heavy atom. The van der Waals surface area contributed by atoms with Gasteiger partial charge >= 0.3 is 0 Å². The average Bonchev–Trinajstić information content (AvgIpc) is 2.10. The number of aromatic hydroxyl groups is 1. The smallest absolute Gasteiger partial charge is 0.131 e. The Balaban J connectivity index is 2.95. The molecule has 1 rings (SSSR count). The zero-order chi connectivity index (χ0) is 9.68. The molecule has 1 aromatic rings. The van der Waals surface area contributed by atoms with Gasteiger partial charge in [0, 0.05) is 6.42 Å². The third kappa shape index (κ3) is 2.50. The molecular formula is C11H12O2. The Labute approximate surface area is 77.8 Å². The summed E-state index contributed by atoms with van der Waals surface area (Å²) in [6.07, 6.45) is 0.438. The molecule has 0 atom stereocenters. The highest BCUT2D eigenvalue weighted by atomic mass is 16.3. The minimum Gasteiger partial charge on any atom is -0.507 e. The predicted octanol–water partition coefficient (Wildman–Crippen LogP) is 1.43. The van der Waals surface area contributed by atoms with Gasteiger partial charge in [-0.05, 0) is 18.6 Å². The van der Waals surface area contributed by atoms with Crippen molar-refractivity contribution in [2.45, 2.75) is 13.3 Å². The van der Waals surface area contributed by atoms with Gasteiger partial charge in [-0.25, -0.2) is 0 Å². The first-order chi connectivity index (χ1) is 6.25. The molecule has 68 valence electrons. The first-order valence-corrected chi connectivity index (χ1v) is 4.14. The zero-order valence-electron chi connectivity index (χ0n) is 7.54. The van der Waals surface area contributed by atoms with E-state index in [9.17, 15) is 5.11 Å². The second kappa shape index (κ2) is 4.54. The van der Waals surface area contributed by atoms with Crippen LogP contribution in [-0.2, 0) is 0 Å². The van der Waals surface area contributed by atoms with Crippen molar-refractivity contribution in [1.82, 2.24) is 0 Å². The zero-order valence-corrected chi connectivity index (χ0v) is 7.54. The fourth-order valence-corrected chi connectivity index (χ4v) is 1.02. The fourth-order valence-electron chi connectivity index (χ4n) is 1.02. The van der Waals surface area contributed by atoms with Gasteiger partial charge in [0.15, 0.2) is 0 Å². The van der Waals surface area contributed by atoms with Crippen LogP contribution in [-0.4, -0.2) is 16.8 Å². The summed E-state index contributed by atoms with van der Waals surface area (Å²) >= 11 is 0. The van der Waals surface area contributed by atoms with E-state index in [1.165, 1.54) is 0 Å². The minimum atomic E-state index is 0.0552.